The van der Waals surface area contributed by atoms with E-state index < -0.39 is 0 Å². The van der Waals surface area contributed by atoms with E-state index in [4.69, 9.17) is 4.74 Å². The predicted octanol–water partition coefficient (Wildman–Crippen LogP) is 1.21. The molecule has 1 aromatic rings. The largest absolute Gasteiger partial charge is 0.383 e. The van der Waals surface area contributed by atoms with E-state index in [1.807, 2.05) is 27.3 Å². The first-order valence-corrected chi connectivity index (χ1v) is 10.3. The molecule has 1 N–H and O–H groups in total. The third-order valence-corrected chi connectivity index (χ3v) is 6.16. The van der Waals surface area contributed by atoms with Gasteiger partial charge in [0.25, 0.3) is 5.91 Å². The molecule has 0 aromatic carbocycles. The van der Waals surface area contributed by atoms with Crippen LogP contribution in [0.1, 0.15) is 28.9 Å². The summed E-state index contributed by atoms with van der Waals surface area (Å²) in [6.07, 6.45) is 2.08. The number of thiophene rings is 1. The highest BCUT2D eigenvalue weighted by Gasteiger charge is 2.36. The number of likely N-dealkylation sites (tertiary alicyclic amines) is 2. The molecule has 7 nitrogen and oxygen atoms in total. The van der Waals surface area contributed by atoms with E-state index in [-0.39, 0.29) is 30.1 Å². The molecule has 3 heterocycles. The van der Waals surface area contributed by atoms with Gasteiger partial charge in [-0.05, 0) is 30.2 Å². The van der Waals surface area contributed by atoms with E-state index in [9.17, 15) is 14.4 Å². The summed E-state index contributed by atoms with van der Waals surface area (Å²) in [6.45, 7) is 3.57. The monoisotopic (exact) mass is 393 g/mol. The zero-order valence-electron chi connectivity index (χ0n) is 15.7. The molecule has 0 radical (unpaired) electrons. The third kappa shape index (κ3) is 5.07. The summed E-state index contributed by atoms with van der Waals surface area (Å²) in [4.78, 5) is 41.3. The zero-order valence-corrected chi connectivity index (χ0v) is 16.5. The van der Waals surface area contributed by atoms with Crippen LogP contribution in [0, 0.1) is 11.8 Å². The molecule has 0 aliphatic carbocycles. The number of ether oxygens (including phenoxy) is 1. The number of methoxy groups -OCH3 is 1. The van der Waals surface area contributed by atoms with Gasteiger partial charge < -0.3 is 19.9 Å². The number of hydrogen-bond acceptors (Lipinski definition) is 5. The maximum atomic E-state index is 12.4. The van der Waals surface area contributed by atoms with Crippen molar-refractivity contribution in [3.05, 3.63) is 22.4 Å². The molecule has 0 spiro atoms. The highest BCUT2D eigenvalue weighted by molar-refractivity contribution is 7.12. The number of carbonyl (C=O) groups is 3. The number of piperidine rings is 1. The molecule has 1 aromatic heterocycles. The molecule has 2 saturated heterocycles. The molecule has 2 aliphatic rings. The number of nitrogens with one attached hydrogen (secondary N) is 1. The first-order valence-electron chi connectivity index (χ1n) is 9.45. The highest BCUT2D eigenvalue weighted by Crippen LogP contribution is 2.25. The van der Waals surface area contributed by atoms with Gasteiger partial charge in [-0.1, -0.05) is 6.07 Å². The van der Waals surface area contributed by atoms with Crippen LogP contribution >= 0.6 is 11.3 Å². The second-order valence-corrected chi connectivity index (χ2v) is 8.14. The number of nitrogens with zero attached hydrogens (tertiary/aromatic N) is 2. The predicted molar refractivity (Wildman–Crippen MR) is 103 cm³/mol. The van der Waals surface area contributed by atoms with E-state index in [0.717, 1.165) is 30.8 Å². The molecule has 0 bridgehead atoms. The Morgan fingerprint density at radius 3 is 2.78 bits per heavy atom. The number of amides is 3. The van der Waals surface area contributed by atoms with Crippen molar-refractivity contribution in [1.29, 1.82) is 0 Å². The van der Waals surface area contributed by atoms with Crippen LogP contribution < -0.4 is 5.32 Å². The van der Waals surface area contributed by atoms with Crippen molar-refractivity contribution in [3.63, 3.8) is 0 Å². The van der Waals surface area contributed by atoms with E-state index in [1.165, 1.54) is 11.3 Å². The lowest BCUT2D eigenvalue weighted by atomic mass is 9.96. The van der Waals surface area contributed by atoms with Gasteiger partial charge in [0.15, 0.2) is 0 Å². The molecule has 8 heteroatoms. The molecule has 2 fully saturated rings. The Hall–Kier alpha value is -1.93. The SMILES string of the molecule is COCCNC(=O)C1CC(=O)N(CC2CCN(C(=O)c3cccs3)CC2)C1. The number of hydrogen-bond donors (Lipinski definition) is 1. The van der Waals surface area contributed by atoms with Crippen LogP contribution in [0.15, 0.2) is 17.5 Å². The van der Waals surface area contributed by atoms with Crippen molar-refractivity contribution in [1.82, 2.24) is 15.1 Å². The second-order valence-electron chi connectivity index (χ2n) is 7.20. The normalized spacial score (nSPS) is 20.9. The van der Waals surface area contributed by atoms with E-state index in [1.54, 1.807) is 7.11 Å². The Morgan fingerprint density at radius 2 is 2.11 bits per heavy atom. The first kappa shape index (κ1) is 19.8. The second kappa shape index (κ2) is 9.32. The lowest BCUT2D eigenvalue weighted by Crippen LogP contribution is -2.42. The Labute approximate surface area is 163 Å². The van der Waals surface area contributed by atoms with Gasteiger partial charge in [0.2, 0.25) is 11.8 Å². The lowest BCUT2D eigenvalue weighted by Gasteiger charge is -2.33. The Balaban J connectivity index is 1.43. The third-order valence-electron chi connectivity index (χ3n) is 5.30. The Bertz CT molecular complexity index is 656. The van der Waals surface area contributed by atoms with Crippen molar-refractivity contribution >= 4 is 29.1 Å². The molecule has 3 amide bonds. The molecule has 0 saturated carbocycles. The fourth-order valence-electron chi connectivity index (χ4n) is 3.73. The summed E-state index contributed by atoms with van der Waals surface area (Å²) in [6, 6.07) is 3.76. The minimum absolute atomic E-state index is 0.0546. The van der Waals surface area contributed by atoms with Crippen LogP contribution in [-0.2, 0) is 14.3 Å². The Morgan fingerprint density at radius 1 is 1.33 bits per heavy atom. The zero-order chi connectivity index (χ0) is 19.2. The fourth-order valence-corrected chi connectivity index (χ4v) is 4.42. The van der Waals surface area contributed by atoms with Crippen LogP contribution in [-0.4, -0.2) is 74.0 Å². The van der Waals surface area contributed by atoms with Crippen molar-refractivity contribution in [2.45, 2.75) is 19.3 Å². The summed E-state index contributed by atoms with van der Waals surface area (Å²) in [5.41, 5.74) is 0. The molecule has 1 atom stereocenters. The van der Waals surface area contributed by atoms with Crippen LogP contribution in [0.5, 0.6) is 0 Å². The minimum Gasteiger partial charge on any atom is -0.383 e. The molecule has 3 rings (SSSR count). The summed E-state index contributed by atoms with van der Waals surface area (Å²) in [7, 11) is 1.59. The Kier molecular flexibility index (Phi) is 6.84. The van der Waals surface area contributed by atoms with Crippen molar-refractivity contribution in [2.75, 3.05) is 46.4 Å². The molecular weight excluding hydrogens is 366 g/mol. The maximum Gasteiger partial charge on any atom is 0.263 e. The van der Waals surface area contributed by atoms with Gasteiger partial charge in [0, 0.05) is 46.3 Å². The molecular formula is C19H27N3O4S. The minimum atomic E-state index is -0.269. The first-order chi connectivity index (χ1) is 13.1. The van der Waals surface area contributed by atoms with Crippen molar-refractivity contribution < 1.29 is 19.1 Å². The fraction of sp³-hybridized carbons (Fsp3) is 0.632. The number of rotatable bonds is 7. The van der Waals surface area contributed by atoms with Gasteiger partial charge in [0.1, 0.15) is 0 Å². The molecule has 27 heavy (non-hydrogen) atoms. The van der Waals surface area contributed by atoms with Gasteiger partial charge in [0.05, 0.1) is 17.4 Å². The van der Waals surface area contributed by atoms with Gasteiger partial charge in [-0.2, -0.15) is 0 Å². The number of carbonyl (C=O) groups excluding carboxylic acids is 3. The van der Waals surface area contributed by atoms with Gasteiger partial charge in [-0.3, -0.25) is 14.4 Å². The smallest absolute Gasteiger partial charge is 0.263 e. The molecule has 148 valence electrons. The lowest BCUT2D eigenvalue weighted by molar-refractivity contribution is -0.129. The average molecular weight is 394 g/mol. The van der Waals surface area contributed by atoms with Gasteiger partial charge >= 0.3 is 0 Å². The van der Waals surface area contributed by atoms with Crippen LogP contribution in [0.4, 0.5) is 0 Å². The highest BCUT2D eigenvalue weighted by atomic mass is 32.1. The topological polar surface area (TPSA) is 79.0 Å². The molecule has 2 aliphatic heterocycles. The summed E-state index contributed by atoms with van der Waals surface area (Å²) < 4.78 is 4.93. The summed E-state index contributed by atoms with van der Waals surface area (Å²) >= 11 is 1.47. The van der Waals surface area contributed by atoms with Crippen molar-refractivity contribution in [2.24, 2.45) is 11.8 Å². The van der Waals surface area contributed by atoms with E-state index in [2.05, 4.69) is 5.32 Å². The van der Waals surface area contributed by atoms with E-state index in [0.29, 0.717) is 32.2 Å². The van der Waals surface area contributed by atoms with Crippen LogP contribution in [0.25, 0.3) is 0 Å². The van der Waals surface area contributed by atoms with Crippen LogP contribution in [0.2, 0.25) is 0 Å². The average Bonchev–Trinajstić information content (AvgIpc) is 3.33. The quantitative estimate of drug-likeness (QED) is 0.707. The van der Waals surface area contributed by atoms with Crippen LogP contribution in [0.3, 0.4) is 0 Å². The molecule has 1 unspecified atom stereocenters. The summed E-state index contributed by atoms with van der Waals surface area (Å²) in [5.74, 6) is 0.207. The summed E-state index contributed by atoms with van der Waals surface area (Å²) in [5, 5.41) is 4.73. The van der Waals surface area contributed by atoms with Gasteiger partial charge in [-0.15, -0.1) is 11.3 Å². The standard InChI is InChI=1S/C19H27N3O4S/c1-26-9-6-20-18(24)15-11-17(23)22(13-15)12-14-4-7-21(8-5-14)19(25)16-3-2-10-27-16/h2-3,10,14-15H,4-9,11-13H2,1H3,(H,20,24). The van der Waals surface area contributed by atoms with Gasteiger partial charge in [-0.25, -0.2) is 0 Å². The van der Waals surface area contributed by atoms with Crippen molar-refractivity contribution in [3.8, 4) is 0 Å². The van der Waals surface area contributed by atoms with E-state index >= 15 is 0 Å². The maximum absolute atomic E-state index is 12.4.